The van der Waals surface area contributed by atoms with E-state index in [1.807, 2.05) is 6.26 Å². The first-order chi connectivity index (χ1) is 7.47. The third-order valence-corrected chi connectivity index (χ3v) is 2.25. The molecule has 0 aromatic carbocycles. The first-order valence-electron chi connectivity index (χ1n) is 4.40. The fourth-order valence-electron chi connectivity index (χ4n) is 0.860. The van der Waals surface area contributed by atoms with E-state index in [-0.39, 0.29) is 0 Å². The first kappa shape index (κ1) is 14.5. The Morgan fingerprint density at radius 1 is 1.31 bits per heavy atom. The fourth-order valence-corrected chi connectivity index (χ4v) is 1.33. The average Bonchev–Trinajstić information content (AvgIpc) is 2.20. The Labute approximate surface area is 96.7 Å². The number of rotatable bonds is 7. The molecule has 0 heterocycles. The van der Waals surface area contributed by atoms with E-state index in [9.17, 15) is 14.4 Å². The van der Waals surface area contributed by atoms with Crippen LogP contribution in [-0.2, 0) is 14.4 Å². The maximum absolute atomic E-state index is 11.1. The van der Waals surface area contributed by atoms with Gasteiger partial charge in [-0.15, -0.1) is 0 Å². The van der Waals surface area contributed by atoms with Crippen molar-refractivity contribution in [3.05, 3.63) is 12.2 Å². The van der Waals surface area contributed by atoms with Crippen molar-refractivity contribution in [3.8, 4) is 0 Å². The van der Waals surface area contributed by atoms with E-state index in [0.29, 0.717) is 18.2 Å². The first-order valence-corrected chi connectivity index (χ1v) is 5.80. The number of carboxylic acids is 2. The molecular formula is C9H13NO5S. The van der Waals surface area contributed by atoms with E-state index in [1.54, 1.807) is 0 Å². The number of hydrogen-bond donors (Lipinski definition) is 3. The lowest BCUT2D eigenvalue weighted by Gasteiger charge is -2.11. The van der Waals surface area contributed by atoms with Crippen molar-refractivity contribution in [1.82, 2.24) is 5.32 Å². The van der Waals surface area contributed by atoms with E-state index < -0.39 is 23.9 Å². The van der Waals surface area contributed by atoms with Crippen LogP contribution in [0.25, 0.3) is 0 Å². The van der Waals surface area contributed by atoms with Gasteiger partial charge in [-0.1, -0.05) is 0 Å². The molecule has 7 heteroatoms. The van der Waals surface area contributed by atoms with Crippen LogP contribution < -0.4 is 5.32 Å². The van der Waals surface area contributed by atoms with Gasteiger partial charge in [0.1, 0.15) is 6.04 Å². The predicted octanol–water partition coefficient (Wildman–Crippen LogP) is -0.0503. The van der Waals surface area contributed by atoms with E-state index in [4.69, 9.17) is 10.2 Å². The molecule has 0 aliphatic rings. The highest BCUT2D eigenvalue weighted by atomic mass is 32.2. The number of hydrogen-bond acceptors (Lipinski definition) is 4. The van der Waals surface area contributed by atoms with Crippen LogP contribution in [0.5, 0.6) is 0 Å². The number of nitrogens with one attached hydrogen (secondary N) is 1. The summed E-state index contributed by atoms with van der Waals surface area (Å²) in [5.74, 6) is -2.52. The van der Waals surface area contributed by atoms with E-state index >= 15 is 0 Å². The Morgan fingerprint density at radius 2 is 1.94 bits per heavy atom. The van der Waals surface area contributed by atoms with Gasteiger partial charge in [0.05, 0.1) is 0 Å². The minimum Gasteiger partial charge on any atom is -0.480 e. The minimum absolute atomic E-state index is 0.295. The molecule has 16 heavy (non-hydrogen) atoms. The summed E-state index contributed by atoms with van der Waals surface area (Å²) in [6, 6.07) is -0.988. The summed E-state index contributed by atoms with van der Waals surface area (Å²) in [4.78, 5) is 31.9. The number of carboxylic acid groups (broad SMARTS) is 2. The van der Waals surface area contributed by atoms with Gasteiger partial charge in [-0.2, -0.15) is 11.8 Å². The molecule has 0 radical (unpaired) electrons. The molecule has 3 N–H and O–H groups in total. The van der Waals surface area contributed by atoms with E-state index in [0.717, 1.165) is 6.08 Å². The summed E-state index contributed by atoms with van der Waals surface area (Å²) >= 11 is 1.47. The number of carbonyl (C=O) groups is 3. The molecule has 0 saturated heterocycles. The number of aliphatic carboxylic acids is 2. The molecule has 0 aliphatic heterocycles. The smallest absolute Gasteiger partial charge is 0.328 e. The van der Waals surface area contributed by atoms with Crippen LogP contribution in [0.4, 0.5) is 0 Å². The zero-order chi connectivity index (χ0) is 12.6. The van der Waals surface area contributed by atoms with Crippen LogP contribution in [0, 0.1) is 0 Å². The fraction of sp³-hybridized carbons (Fsp3) is 0.444. The Balaban J connectivity index is 4.23. The second kappa shape index (κ2) is 7.75. The predicted molar refractivity (Wildman–Crippen MR) is 59.3 cm³/mol. The largest absolute Gasteiger partial charge is 0.480 e. The molecular weight excluding hydrogens is 234 g/mol. The van der Waals surface area contributed by atoms with Gasteiger partial charge < -0.3 is 15.5 Å². The topological polar surface area (TPSA) is 104 Å². The van der Waals surface area contributed by atoms with Crippen molar-refractivity contribution >= 4 is 29.6 Å². The standard InChI is InChI=1S/C9H13NO5S/c1-16-5-4-6(9(14)15)10-7(11)2-3-8(12)13/h2-3,6H,4-5H2,1H3,(H,10,11)(H,12,13)(H,14,15)/b3-2-. The molecule has 0 saturated carbocycles. The Hall–Kier alpha value is -1.50. The molecule has 0 bridgehead atoms. The average molecular weight is 247 g/mol. The monoisotopic (exact) mass is 247 g/mol. The summed E-state index contributed by atoms with van der Waals surface area (Å²) in [5.41, 5.74) is 0. The van der Waals surface area contributed by atoms with Gasteiger partial charge in [0, 0.05) is 12.2 Å². The second-order valence-electron chi connectivity index (χ2n) is 2.85. The van der Waals surface area contributed by atoms with Crippen LogP contribution in [-0.4, -0.2) is 46.1 Å². The van der Waals surface area contributed by atoms with Gasteiger partial charge in [0.25, 0.3) is 0 Å². The van der Waals surface area contributed by atoms with Gasteiger partial charge >= 0.3 is 11.9 Å². The van der Waals surface area contributed by atoms with Gasteiger partial charge in [-0.3, -0.25) is 4.79 Å². The highest BCUT2D eigenvalue weighted by Crippen LogP contribution is 2.00. The molecule has 0 rings (SSSR count). The number of carbonyl (C=O) groups excluding carboxylic acids is 1. The van der Waals surface area contributed by atoms with E-state index in [2.05, 4.69) is 5.32 Å². The lowest BCUT2D eigenvalue weighted by atomic mass is 10.2. The molecule has 90 valence electrons. The van der Waals surface area contributed by atoms with E-state index in [1.165, 1.54) is 11.8 Å². The Morgan fingerprint density at radius 3 is 2.38 bits per heavy atom. The quantitative estimate of drug-likeness (QED) is 0.545. The highest BCUT2D eigenvalue weighted by Gasteiger charge is 2.17. The normalized spacial score (nSPS) is 12.3. The zero-order valence-corrected chi connectivity index (χ0v) is 9.49. The SMILES string of the molecule is CSCCC(NC(=O)/C=C\C(=O)O)C(=O)O. The van der Waals surface area contributed by atoms with Crippen LogP contribution in [0.3, 0.4) is 0 Å². The van der Waals surface area contributed by atoms with Crippen molar-refractivity contribution in [1.29, 1.82) is 0 Å². The van der Waals surface area contributed by atoms with Crippen molar-refractivity contribution in [2.45, 2.75) is 12.5 Å². The molecule has 1 unspecified atom stereocenters. The van der Waals surface area contributed by atoms with Gasteiger partial charge in [0.2, 0.25) is 5.91 Å². The lowest BCUT2D eigenvalue weighted by Crippen LogP contribution is -2.40. The summed E-state index contributed by atoms with van der Waals surface area (Å²) in [6.45, 7) is 0. The third kappa shape index (κ3) is 6.88. The molecule has 0 fully saturated rings. The van der Waals surface area contributed by atoms with Gasteiger partial charge in [-0.25, -0.2) is 9.59 Å². The second-order valence-corrected chi connectivity index (χ2v) is 3.84. The Bertz CT molecular complexity index is 302. The Kier molecular flexibility index (Phi) is 7.02. The van der Waals surface area contributed by atoms with Crippen LogP contribution in [0.1, 0.15) is 6.42 Å². The summed E-state index contributed by atoms with van der Waals surface area (Å²) < 4.78 is 0. The van der Waals surface area contributed by atoms with Crippen molar-refractivity contribution in [2.24, 2.45) is 0 Å². The molecule has 1 atom stereocenters. The van der Waals surface area contributed by atoms with Crippen LogP contribution in [0.15, 0.2) is 12.2 Å². The summed E-state index contributed by atoms with van der Waals surface area (Å²) in [6.07, 6.45) is 3.56. The summed E-state index contributed by atoms with van der Waals surface area (Å²) in [5, 5.41) is 19.2. The summed E-state index contributed by atoms with van der Waals surface area (Å²) in [7, 11) is 0. The zero-order valence-electron chi connectivity index (χ0n) is 8.67. The minimum atomic E-state index is -1.26. The van der Waals surface area contributed by atoms with Crippen LogP contribution >= 0.6 is 11.8 Å². The highest BCUT2D eigenvalue weighted by molar-refractivity contribution is 7.98. The van der Waals surface area contributed by atoms with Crippen molar-refractivity contribution in [2.75, 3.05) is 12.0 Å². The molecule has 0 aliphatic carbocycles. The molecule has 0 aromatic heterocycles. The number of thioether (sulfide) groups is 1. The lowest BCUT2D eigenvalue weighted by molar-refractivity contribution is -0.141. The maximum atomic E-state index is 11.1. The van der Waals surface area contributed by atoms with Crippen molar-refractivity contribution < 1.29 is 24.6 Å². The van der Waals surface area contributed by atoms with Crippen molar-refractivity contribution in [3.63, 3.8) is 0 Å². The van der Waals surface area contributed by atoms with Crippen LogP contribution in [0.2, 0.25) is 0 Å². The molecule has 6 nitrogen and oxygen atoms in total. The number of amides is 1. The molecule has 0 aromatic rings. The van der Waals surface area contributed by atoms with Gasteiger partial charge in [-0.05, 0) is 18.4 Å². The maximum Gasteiger partial charge on any atom is 0.328 e. The molecule has 0 spiro atoms. The van der Waals surface area contributed by atoms with Gasteiger partial charge in [0.15, 0.2) is 0 Å². The third-order valence-electron chi connectivity index (χ3n) is 1.60. The molecule has 1 amide bonds.